The molecule has 194 valence electrons. The van der Waals surface area contributed by atoms with E-state index in [0.29, 0.717) is 6.42 Å². The number of carbonyl (C=O) groups excluding carboxylic acids is 4. The molecule has 0 aliphatic heterocycles. The molecule has 0 saturated heterocycles. The smallest absolute Gasteiger partial charge is 0.326 e. The monoisotopic (exact) mass is 489 g/mol. The Bertz CT molecular complexity index is 759. The molecule has 34 heavy (non-hydrogen) atoms. The van der Waals surface area contributed by atoms with E-state index in [4.69, 9.17) is 16.6 Å². The number of aliphatic carboxylic acids is 2. The van der Waals surface area contributed by atoms with Crippen molar-refractivity contribution in [3.63, 3.8) is 0 Å². The van der Waals surface area contributed by atoms with Crippen molar-refractivity contribution in [2.24, 2.45) is 17.4 Å². The minimum absolute atomic E-state index is 0.106. The fourth-order valence-corrected chi connectivity index (χ4v) is 2.83. The van der Waals surface area contributed by atoms with Crippen molar-refractivity contribution in [3.8, 4) is 0 Å². The number of hydrogen-bond acceptors (Lipinski definition) is 8. The Labute approximate surface area is 196 Å². The first-order valence-electron chi connectivity index (χ1n) is 10.8. The van der Waals surface area contributed by atoms with E-state index in [1.165, 1.54) is 6.92 Å². The van der Waals surface area contributed by atoms with Gasteiger partial charge in [0.15, 0.2) is 0 Å². The zero-order valence-electron chi connectivity index (χ0n) is 19.4. The van der Waals surface area contributed by atoms with Crippen LogP contribution in [0.4, 0.5) is 0 Å². The second-order valence-electron chi connectivity index (χ2n) is 8.04. The third-order valence-electron chi connectivity index (χ3n) is 5.16. The van der Waals surface area contributed by atoms with Gasteiger partial charge in [0.25, 0.3) is 0 Å². The van der Waals surface area contributed by atoms with Gasteiger partial charge >= 0.3 is 11.9 Å². The molecule has 0 aromatic carbocycles. The molecular weight excluding hydrogens is 454 g/mol. The fourth-order valence-electron chi connectivity index (χ4n) is 2.83. The lowest BCUT2D eigenvalue weighted by molar-refractivity contribution is -0.144. The third kappa shape index (κ3) is 11.0. The summed E-state index contributed by atoms with van der Waals surface area (Å²) >= 11 is 0. The highest BCUT2D eigenvalue weighted by Gasteiger charge is 2.33. The second-order valence-corrected chi connectivity index (χ2v) is 8.04. The van der Waals surface area contributed by atoms with Gasteiger partial charge in [-0.1, -0.05) is 20.3 Å². The van der Waals surface area contributed by atoms with Crippen molar-refractivity contribution in [1.82, 2.24) is 16.0 Å². The van der Waals surface area contributed by atoms with Gasteiger partial charge in [0.05, 0.1) is 12.1 Å². The summed E-state index contributed by atoms with van der Waals surface area (Å²) < 4.78 is 0. The Hall–Kier alpha value is -3.26. The van der Waals surface area contributed by atoms with Crippen LogP contribution in [0.25, 0.3) is 0 Å². The standard InChI is InChI=1S/C20H35N5O9/c1-4-9(2)15(20(33)34)24-18(31)12(6-8-14(28)29)23-19(32)16(10(3)26)25-17(30)11(21)5-7-13(22)27/h9-12,15-16,26H,4-8,21H2,1-3H3,(H2,22,27)(H,23,32)(H,24,31)(H,25,30)(H,28,29)(H,33,34). The predicted octanol–water partition coefficient (Wildman–Crippen LogP) is -2.59. The number of rotatable bonds is 16. The zero-order chi connectivity index (χ0) is 26.6. The molecule has 0 bridgehead atoms. The van der Waals surface area contributed by atoms with Crippen LogP contribution in [0.15, 0.2) is 0 Å². The van der Waals surface area contributed by atoms with Crippen molar-refractivity contribution < 1.29 is 44.1 Å². The molecule has 0 rings (SSSR count). The number of aliphatic hydroxyl groups is 1. The van der Waals surface area contributed by atoms with Crippen LogP contribution in [0.1, 0.15) is 52.9 Å². The van der Waals surface area contributed by atoms with E-state index in [1.807, 2.05) is 0 Å². The maximum absolute atomic E-state index is 12.7. The van der Waals surface area contributed by atoms with Crippen molar-refractivity contribution in [2.45, 2.75) is 83.1 Å². The highest BCUT2D eigenvalue weighted by Crippen LogP contribution is 2.10. The number of nitrogens with two attached hydrogens (primary N) is 2. The van der Waals surface area contributed by atoms with E-state index in [-0.39, 0.29) is 19.3 Å². The Kier molecular flexibility index (Phi) is 13.4. The molecule has 0 spiro atoms. The van der Waals surface area contributed by atoms with Crippen molar-refractivity contribution in [1.29, 1.82) is 0 Å². The number of aliphatic hydroxyl groups excluding tert-OH is 1. The van der Waals surface area contributed by atoms with Crippen LogP contribution < -0.4 is 27.4 Å². The molecule has 0 radical (unpaired) electrons. The summed E-state index contributed by atoms with van der Waals surface area (Å²) in [4.78, 5) is 71.0. The minimum atomic E-state index is -1.57. The Balaban J connectivity index is 5.52. The van der Waals surface area contributed by atoms with Crippen molar-refractivity contribution >= 4 is 35.6 Å². The SMILES string of the molecule is CCC(C)C(NC(=O)C(CCC(=O)O)NC(=O)C(NC(=O)C(N)CCC(N)=O)C(C)O)C(=O)O. The summed E-state index contributed by atoms with van der Waals surface area (Å²) in [5.74, 6) is -6.52. The number of carboxylic acid groups (broad SMARTS) is 2. The van der Waals surface area contributed by atoms with Crippen LogP contribution in [-0.2, 0) is 28.8 Å². The van der Waals surface area contributed by atoms with Crippen LogP contribution in [0.5, 0.6) is 0 Å². The van der Waals surface area contributed by atoms with Gasteiger partial charge in [0.1, 0.15) is 18.1 Å². The minimum Gasteiger partial charge on any atom is -0.481 e. The van der Waals surface area contributed by atoms with Crippen LogP contribution in [-0.4, -0.2) is 81.2 Å². The number of carboxylic acids is 2. The Morgan fingerprint density at radius 1 is 0.824 bits per heavy atom. The van der Waals surface area contributed by atoms with Crippen LogP contribution >= 0.6 is 0 Å². The van der Waals surface area contributed by atoms with E-state index in [2.05, 4.69) is 16.0 Å². The van der Waals surface area contributed by atoms with Gasteiger partial charge in [-0.3, -0.25) is 24.0 Å². The molecule has 14 heteroatoms. The lowest BCUT2D eigenvalue weighted by Crippen LogP contribution is -2.60. The molecule has 0 aliphatic carbocycles. The van der Waals surface area contributed by atoms with E-state index >= 15 is 0 Å². The van der Waals surface area contributed by atoms with Crippen LogP contribution in [0.3, 0.4) is 0 Å². The Morgan fingerprint density at radius 3 is 1.82 bits per heavy atom. The maximum Gasteiger partial charge on any atom is 0.326 e. The summed E-state index contributed by atoms with van der Waals surface area (Å²) in [6, 6.07) is -5.52. The zero-order valence-corrected chi connectivity index (χ0v) is 19.4. The number of carbonyl (C=O) groups is 6. The average molecular weight is 490 g/mol. The summed E-state index contributed by atoms with van der Waals surface area (Å²) in [6.45, 7) is 4.51. The van der Waals surface area contributed by atoms with Crippen LogP contribution in [0, 0.1) is 5.92 Å². The number of primary amides is 1. The van der Waals surface area contributed by atoms with E-state index in [0.717, 1.165) is 0 Å². The quantitative estimate of drug-likeness (QED) is 0.112. The van der Waals surface area contributed by atoms with Crippen molar-refractivity contribution in [2.75, 3.05) is 0 Å². The summed E-state index contributed by atoms with van der Waals surface area (Å²) in [5.41, 5.74) is 10.7. The van der Waals surface area contributed by atoms with Gasteiger partial charge in [0, 0.05) is 12.8 Å². The summed E-state index contributed by atoms with van der Waals surface area (Å²) in [5, 5.41) is 35.1. The van der Waals surface area contributed by atoms with Crippen molar-refractivity contribution in [3.05, 3.63) is 0 Å². The predicted molar refractivity (Wildman–Crippen MR) is 118 cm³/mol. The summed E-state index contributed by atoms with van der Waals surface area (Å²) in [7, 11) is 0. The van der Waals surface area contributed by atoms with Gasteiger partial charge in [-0.2, -0.15) is 0 Å². The largest absolute Gasteiger partial charge is 0.481 e. The number of nitrogens with one attached hydrogen (secondary N) is 3. The molecule has 4 amide bonds. The molecule has 0 saturated carbocycles. The molecule has 0 aliphatic rings. The highest BCUT2D eigenvalue weighted by atomic mass is 16.4. The molecule has 0 heterocycles. The molecule has 14 nitrogen and oxygen atoms in total. The van der Waals surface area contributed by atoms with Gasteiger partial charge in [-0.15, -0.1) is 0 Å². The average Bonchev–Trinajstić information content (AvgIpc) is 2.74. The number of amides is 4. The second kappa shape index (κ2) is 14.8. The first-order valence-corrected chi connectivity index (χ1v) is 10.8. The third-order valence-corrected chi connectivity index (χ3v) is 5.16. The molecule has 6 unspecified atom stereocenters. The topological polar surface area (TPSA) is 251 Å². The maximum atomic E-state index is 12.7. The molecule has 0 aromatic rings. The first-order chi connectivity index (χ1) is 15.7. The first kappa shape index (κ1) is 30.7. The van der Waals surface area contributed by atoms with Gasteiger partial charge < -0.3 is 42.7 Å². The van der Waals surface area contributed by atoms with Gasteiger partial charge in [-0.25, -0.2) is 4.79 Å². The lowest BCUT2D eigenvalue weighted by atomic mass is 9.98. The van der Waals surface area contributed by atoms with E-state index in [1.54, 1.807) is 13.8 Å². The normalized spacial score (nSPS) is 16.1. The van der Waals surface area contributed by atoms with Gasteiger partial charge in [-0.05, 0) is 25.7 Å². The summed E-state index contributed by atoms with van der Waals surface area (Å²) in [6.07, 6.45) is -2.21. The molecule has 10 N–H and O–H groups in total. The highest BCUT2D eigenvalue weighted by molar-refractivity contribution is 5.94. The van der Waals surface area contributed by atoms with Crippen LogP contribution in [0.2, 0.25) is 0 Å². The lowest BCUT2D eigenvalue weighted by Gasteiger charge is -2.27. The van der Waals surface area contributed by atoms with E-state index in [9.17, 15) is 39.0 Å². The molecule has 0 aromatic heterocycles. The molecule has 6 atom stereocenters. The number of hydrogen-bond donors (Lipinski definition) is 8. The molecule has 0 fully saturated rings. The fraction of sp³-hybridized carbons (Fsp3) is 0.700. The van der Waals surface area contributed by atoms with E-state index < -0.39 is 78.2 Å². The Morgan fingerprint density at radius 2 is 1.38 bits per heavy atom. The van der Waals surface area contributed by atoms with Gasteiger partial charge in [0.2, 0.25) is 23.6 Å². The molecular formula is C20H35N5O9.